The average Bonchev–Trinajstić information content (AvgIpc) is 2.69. The lowest BCUT2D eigenvalue weighted by Gasteiger charge is -2.32. The third-order valence-corrected chi connectivity index (χ3v) is 4.34. The molecule has 2 aromatic rings. The number of ether oxygens (including phenoxy) is 2. The number of amides is 2. The van der Waals surface area contributed by atoms with E-state index in [2.05, 4.69) is 15.3 Å². The maximum atomic E-state index is 12.4. The van der Waals surface area contributed by atoms with Crippen molar-refractivity contribution in [1.29, 1.82) is 0 Å². The second-order valence-corrected chi connectivity index (χ2v) is 6.20. The van der Waals surface area contributed by atoms with Gasteiger partial charge in [-0.2, -0.15) is 0 Å². The molecule has 0 aliphatic carbocycles. The van der Waals surface area contributed by atoms with Crippen LogP contribution in [0.3, 0.4) is 0 Å². The van der Waals surface area contributed by atoms with Gasteiger partial charge in [-0.1, -0.05) is 12.1 Å². The van der Waals surface area contributed by atoms with Crippen LogP contribution in [0.15, 0.2) is 42.9 Å². The molecule has 2 heterocycles. The van der Waals surface area contributed by atoms with Gasteiger partial charge in [0.25, 0.3) is 0 Å². The van der Waals surface area contributed by atoms with Crippen LogP contribution in [-0.2, 0) is 6.42 Å². The Labute approximate surface area is 153 Å². The highest BCUT2D eigenvalue weighted by Crippen LogP contribution is 2.16. The van der Waals surface area contributed by atoms with E-state index < -0.39 is 0 Å². The van der Waals surface area contributed by atoms with Gasteiger partial charge in [0.15, 0.2) is 0 Å². The zero-order valence-electron chi connectivity index (χ0n) is 14.9. The molecule has 1 aromatic carbocycles. The van der Waals surface area contributed by atoms with Crippen molar-refractivity contribution in [3.63, 3.8) is 0 Å². The fourth-order valence-electron chi connectivity index (χ4n) is 2.95. The van der Waals surface area contributed by atoms with E-state index in [1.807, 2.05) is 24.3 Å². The van der Waals surface area contributed by atoms with Crippen molar-refractivity contribution in [2.24, 2.45) is 0 Å². The van der Waals surface area contributed by atoms with Crippen LogP contribution in [0.5, 0.6) is 11.6 Å². The van der Waals surface area contributed by atoms with Crippen molar-refractivity contribution in [1.82, 2.24) is 20.2 Å². The molecule has 138 valence electrons. The van der Waals surface area contributed by atoms with E-state index in [-0.39, 0.29) is 12.1 Å². The normalized spacial score (nSPS) is 16.8. The van der Waals surface area contributed by atoms with E-state index in [1.54, 1.807) is 30.6 Å². The summed E-state index contributed by atoms with van der Waals surface area (Å²) < 4.78 is 11.0. The first-order valence-corrected chi connectivity index (χ1v) is 8.83. The smallest absolute Gasteiger partial charge is 0.317 e. The largest absolute Gasteiger partial charge is 0.497 e. The summed E-state index contributed by atoms with van der Waals surface area (Å²) in [5, 5.41) is 2.99. The van der Waals surface area contributed by atoms with E-state index in [9.17, 15) is 4.79 Å². The number of aromatic nitrogens is 2. The molecule has 0 radical (unpaired) electrons. The number of nitrogens with zero attached hydrogens (tertiary/aromatic N) is 3. The monoisotopic (exact) mass is 356 g/mol. The number of hydrogen-bond donors (Lipinski definition) is 1. The Kier molecular flexibility index (Phi) is 6.24. The van der Waals surface area contributed by atoms with Crippen LogP contribution >= 0.6 is 0 Å². The van der Waals surface area contributed by atoms with Crippen LogP contribution in [0.2, 0.25) is 0 Å². The van der Waals surface area contributed by atoms with E-state index in [4.69, 9.17) is 9.47 Å². The summed E-state index contributed by atoms with van der Waals surface area (Å²) in [7, 11) is 1.65. The number of piperidine rings is 1. The van der Waals surface area contributed by atoms with Crippen molar-refractivity contribution in [2.75, 3.05) is 26.7 Å². The molecule has 1 aromatic heterocycles. The molecule has 26 heavy (non-hydrogen) atoms. The highest BCUT2D eigenvalue weighted by molar-refractivity contribution is 5.74. The molecule has 3 rings (SSSR count). The second-order valence-electron chi connectivity index (χ2n) is 6.20. The molecular formula is C19H24N4O3. The predicted octanol–water partition coefficient (Wildman–Crippen LogP) is 2.28. The highest BCUT2D eigenvalue weighted by atomic mass is 16.5. The van der Waals surface area contributed by atoms with Gasteiger partial charge in [-0.15, -0.1) is 0 Å². The topological polar surface area (TPSA) is 76.6 Å². The number of nitrogens with one attached hydrogen (secondary N) is 1. The van der Waals surface area contributed by atoms with Crippen molar-refractivity contribution in [3.8, 4) is 11.6 Å². The minimum atomic E-state index is -0.0500. The zero-order valence-corrected chi connectivity index (χ0v) is 14.9. The Morgan fingerprint density at radius 2 is 2.15 bits per heavy atom. The van der Waals surface area contributed by atoms with Gasteiger partial charge in [-0.3, -0.25) is 4.98 Å². The number of likely N-dealkylation sites (tertiary alicyclic amines) is 1. The molecule has 0 bridgehead atoms. The van der Waals surface area contributed by atoms with Gasteiger partial charge in [-0.05, 0) is 37.0 Å². The lowest BCUT2D eigenvalue weighted by Crippen LogP contribution is -2.49. The van der Waals surface area contributed by atoms with Crippen LogP contribution in [0.1, 0.15) is 18.4 Å². The Morgan fingerprint density at radius 1 is 1.31 bits per heavy atom. The first kappa shape index (κ1) is 18.0. The summed E-state index contributed by atoms with van der Waals surface area (Å²) in [4.78, 5) is 22.3. The Hall–Kier alpha value is -2.83. The summed E-state index contributed by atoms with van der Waals surface area (Å²) in [6, 6.07) is 7.82. The van der Waals surface area contributed by atoms with Crippen LogP contribution in [0, 0.1) is 0 Å². The number of rotatable bonds is 6. The van der Waals surface area contributed by atoms with E-state index in [0.717, 1.165) is 37.1 Å². The second kappa shape index (κ2) is 9.03. The van der Waals surface area contributed by atoms with Gasteiger partial charge >= 0.3 is 6.03 Å². The summed E-state index contributed by atoms with van der Waals surface area (Å²) in [6.07, 6.45) is 7.35. The molecule has 7 heteroatoms. The number of hydrogen-bond acceptors (Lipinski definition) is 5. The summed E-state index contributed by atoms with van der Waals surface area (Å²) >= 11 is 0. The highest BCUT2D eigenvalue weighted by Gasteiger charge is 2.25. The van der Waals surface area contributed by atoms with Crippen molar-refractivity contribution in [2.45, 2.75) is 25.4 Å². The summed E-state index contributed by atoms with van der Waals surface area (Å²) in [5.41, 5.74) is 1.16. The molecule has 0 unspecified atom stereocenters. The Morgan fingerprint density at radius 3 is 2.88 bits per heavy atom. The number of methoxy groups -OCH3 is 1. The third-order valence-electron chi connectivity index (χ3n) is 4.34. The molecule has 1 aliphatic heterocycles. The van der Waals surface area contributed by atoms with Gasteiger partial charge < -0.3 is 19.7 Å². The molecule has 2 amide bonds. The number of carbonyl (C=O) groups excluding carboxylic acids is 1. The Balaban J connectivity index is 1.43. The molecule has 1 fully saturated rings. The van der Waals surface area contributed by atoms with Crippen LogP contribution < -0.4 is 14.8 Å². The minimum absolute atomic E-state index is 0.0483. The molecule has 7 nitrogen and oxygen atoms in total. The maximum Gasteiger partial charge on any atom is 0.317 e. The summed E-state index contributed by atoms with van der Waals surface area (Å²) in [5.74, 6) is 1.33. The van der Waals surface area contributed by atoms with Gasteiger partial charge in [0.05, 0.1) is 19.9 Å². The fraction of sp³-hybridized carbons (Fsp3) is 0.421. The third kappa shape index (κ3) is 5.08. The summed E-state index contributed by atoms with van der Waals surface area (Å²) in [6.45, 7) is 1.90. The van der Waals surface area contributed by atoms with E-state index >= 15 is 0 Å². The predicted molar refractivity (Wildman–Crippen MR) is 97.4 cm³/mol. The average molecular weight is 356 g/mol. The van der Waals surface area contributed by atoms with Crippen molar-refractivity contribution in [3.05, 3.63) is 48.4 Å². The lowest BCUT2D eigenvalue weighted by molar-refractivity contribution is 0.0976. The quantitative estimate of drug-likeness (QED) is 0.859. The van der Waals surface area contributed by atoms with E-state index in [1.165, 1.54) is 0 Å². The Bertz CT molecular complexity index is 694. The van der Waals surface area contributed by atoms with Gasteiger partial charge in [0, 0.05) is 25.5 Å². The first-order valence-electron chi connectivity index (χ1n) is 8.83. The van der Waals surface area contributed by atoms with Crippen molar-refractivity contribution < 1.29 is 14.3 Å². The fourth-order valence-corrected chi connectivity index (χ4v) is 2.95. The molecule has 1 aliphatic rings. The molecule has 1 atom stereocenters. The van der Waals surface area contributed by atoms with Crippen LogP contribution in [0.25, 0.3) is 0 Å². The number of carbonyl (C=O) groups is 1. The van der Waals surface area contributed by atoms with Gasteiger partial charge in [-0.25, -0.2) is 9.78 Å². The zero-order chi connectivity index (χ0) is 18.2. The standard InChI is InChI=1S/C19H24N4O3/c1-25-16-6-4-15(5-7-16)8-9-22-19(24)23-12-2-3-17(14-23)26-18-13-20-10-11-21-18/h4-7,10-11,13,17H,2-3,8-9,12,14H2,1H3,(H,22,24)/t17-/m0/s1. The molecule has 1 N–H and O–H groups in total. The van der Waals surface area contributed by atoms with Crippen molar-refractivity contribution >= 4 is 6.03 Å². The first-order chi connectivity index (χ1) is 12.7. The molecule has 1 saturated heterocycles. The van der Waals surface area contributed by atoms with Crippen LogP contribution in [0.4, 0.5) is 4.79 Å². The molecular weight excluding hydrogens is 332 g/mol. The molecule has 0 saturated carbocycles. The number of benzene rings is 1. The van der Waals surface area contributed by atoms with E-state index in [0.29, 0.717) is 19.0 Å². The van der Waals surface area contributed by atoms with Gasteiger partial charge in [0.1, 0.15) is 11.9 Å². The molecule has 0 spiro atoms. The maximum absolute atomic E-state index is 12.4. The number of urea groups is 1. The van der Waals surface area contributed by atoms with Crippen LogP contribution in [-0.4, -0.2) is 53.7 Å². The lowest BCUT2D eigenvalue weighted by atomic mass is 10.1. The van der Waals surface area contributed by atoms with Gasteiger partial charge in [0.2, 0.25) is 5.88 Å². The SMILES string of the molecule is COc1ccc(CCNC(=O)N2CCC[C@H](Oc3cnccn3)C2)cc1. The minimum Gasteiger partial charge on any atom is -0.497 e.